The van der Waals surface area contributed by atoms with Crippen LogP contribution in [0.15, 0.2) is 16.0 Å². The molecule has 0 saturated carbocycles. The summed E-state index contributed by atoms with van der Waals surface area (Å²) in [5.74, 6) is -0.192. The van der Waals surface area contributed by atoms with Crippen LogP contribution in [0.5, 0.6) is 0 Å². The Balaban J connectivity index is 2.19. The van der Waals surface area contributed by atoms with Gasteiger partial charge in [0, 0.05) is 12.3 Å². The van der Waals surface area contributed by atoms with E-state index >= 15 is 0 Å². The van der Waals surface area contributed by atoms with E-state index in [9.17, 15) is 4.79 Å². The van der Waals surface area contributed by atoms with Crippen LogP contribution in [-0.4, -0.2) is 37.6 Å². The Bertz CT molecular complexity index is 631. The molecule has 0 aromatic carbocycles. The van der Waals surface area contributed by atoms with Crippen molar-refractivity contribution in [1.82, 2.24) is 19.7 Å². The van der Waals surface area contributed by atoms with Crippen molar-refractivity contribution in [2.45, 2.75) is 30.5 Å². The molecule has 108 valence electrons. The number of halogens is 1. The summed E-state index contributed by atoms with van der Waals surface area (Å²) in [4.78, 5) is 20.0. The van der Waals surface area contributed by atoms with Crippen LogP contribution >= 0.6 is 27.7 Å². The first-order valence-electron chi connectivity index (χ1n) is 6.18. The van der Waals surface area contributed by atoms with Crippen LogP contribution in [0.3, 0.4) is 0 Å². The van der Waals surface area contributed by atoms with Crippen molar-refractivity contribution in [2.75, 3.05) is 6.61 Å². The van der Waals surface area contributed by atoms with Gasteiger partial charge in [0.15, 0.2) is 5.65 Å². The van der Waals surface area contributed by atoms with Crippen molar-refractivity contribution in [2.24, 2.45) is 7.05 Å². The topological polar surface area (TPSA) is 69.9 Å². The van der Waals surface area contributed by atoms with Crippen molar-refractivity contribution in [1.29, 1.82) is 0 Å². The number of nitrogens with zero attached hydrogens (tertiary/aromatic N) is 4. The molecule has 0 N–H and O–H groups in total. The molecule has 2 aromatic rings. The first-order valence-corrected chi connectivity index (χ1v) is 7.85. The van der Waals surface area contributed by atoms with Crippen molar-refractivity contribution < 1.29 is 9.53 Å². The molecule has 1 atom stereocenters. The molecule has 0 aliphatic carbocycles. The monoisotopic (exact) mass is 358 g/mol. The lowest BCUT2D eigenvalue weighted by atomic mass is 10.3. The van der Waals surface area contributed by atoms with Gasteiger partial charge in [0.1, 0.15) is 16.0 Å². The highest BCUT2D eigenvalue weighted by atomic mass is 79.9. The minimum Gasteiger partial charge on any atom is -0.466 e. The highest BCUT2D eigenvalue weighted by Gasteiger charge is 2.18. The smallest absolute Gasteiger partial charge is 0.306 e. The molecule has 0 saturated heterocycles. The van der Waals surface area contributed by atoms with Crippen LogP contribution in [0.1, 0.15) is 20.3 Å². The SMILES string of the molecule is CCOC(=O)CC(C)Sc1ncnc2c1c(Br)nn2C. The molecule has 1 unspecified atom stereocenters. The van der Waals surface area contributed by atoms with Gasteiger partial charge >= 0.3 is 5.97 Å². The van der Waals surface area contributed by atoms with Gasteiger partial charge < -0.3 is 4.74 Å². The van der Waals surface area contributed by atoms with E-state index in [-0.39, 0.29) is 11.2 Å². The molecule has 0 bridgehead atoms. The summed E-state index contributed by atoms with van der Waals surface area (Å²) >= 11 is 4.94. The molecule has 2 aromatic heterocycles. The largest absolute Gasteiger partial charge is 0.466 e. The fourth-order valence-electron chi connectivity index (χ4n) is 1.79. The number of hydrogen-bond acceptors (Lipinski definition) is 6. The van der Waals surface area contributed by atoms with Crippen molar-refractivity contribution in [3.63, 3.8) is 0 Å². The molecule has 20 heavy (non-hydrogen) atoms. The zero-order valence-corrected chi connectivity index (χ0v) is 13.9. The predicted octanol–water partition coefficient (Wildman–Crippen LogP) is 2.56. The number of carbonyl (C=O) groups is 1. The van der Waals surface area contributed by atoms with Crippen LogP contribution in [0.4, 0.5) is 0 Å². The Labute approximate surface area is 129 Å². The summed E-state index contributed by atoms with van der Waals surface area (Å²) in [5.41, 5.74) is 0.762. The maximum atomic E-state index is 11.5. The van der Waals surface area contributed by atoms with Gasteiger partial charge in [-0.3, -0.25) is 4.79 Å². The van der Waals surface area contributed by atoms with E-state index < -0.39 is 0 Å². The van der Waals surface area contributed by atoms with Crippen molar-refractivity contribution in [3.8, 4) is 0 Å². The second kappa shape index (κ2) is 6.53. The van der Waals surface area contributed by atoms with Gasteiger partial charge in [0.05, 0.1) is 18.4 Å². The normalized spacial score (nSPS) is 12.6. The maximum absolute atomic E-state index is 11.5. The summed E-state index contributed by atoms with van der Waals surface area (Å²) in [7, 11) is 1.83. The molecule has 2 rings (SSSR count). The van der Waals surface area contributed by atoms with E-state index in [1.165, 1.54) is 18.1 Å². The van der Waals surface area contributed by atoms with E-state index in [2.05, 4.69) is 31.0 Å². The van der Waals surface area contributed by atoms with Gasteiger partial charge in [0.25, 0.3) is 0 Å². The molecule has 0 radical (unpaired) electrons. The Morgan fingerprint density at radius 2 is 2.30 bits per heavy atom. The Morgan fingerprint density at radius 1 is 1.55 bits per heavy atom. The summed E-state index contributed by atoms with van der Waals surface area (Å²) in [5, 5.41) is 6.03. The van der Waals surface area contributed by atoms with Crippen LogP contribution in [0.25, 0.3) is 11.0 Å². The van der Waals surface area contributed by atoms with Crippen molar-refractivity contribution >= 4 is 44.7 Å². The lowest BCUT2D eigenvalue weighted by Gasteiger charge is -2.10. The standard InChI is InChI=1S/C12H15BrN4O2S/c1-4-19-8(18)5-7(2)20-12-9-10(13)16-17(3)11(9)14-6-15-12/h6-7H,4-5H2,1-3H3. The minimum atomic E-state index is -0.192. The lowest BCUT2D eigenvalue weighted by molar-refractivity contribution is -0.142. The van der Waals surface area contributed by atoms with Gasteiger partial charge in [-0.2, -0.15) is 5.10 Å². The third-order valence-corrected chi connectivity index (χ3v) is 4.27. The number of fused-ring (bicyclic) bond motifs is 1. The molecule has 0 fully saturated rings. The van der Waals surface area contributed by atoms with E-state index in [0.717, 1.165) is 16.1 Å². The number of carbonyl (C=O) groups excluding carboxylic acids is 1. The number of aryl methyl sites for hydroxylation is 1. The Hall–Kier alpha value is -1.15. The number of hydrogen-bond donors (Lipinski definition) is 0. The zero-order chi connectivity index (χ0) is 14.7. The van der Waals surface area contributed by atoms with Crippen LogP contribution in [0.2, 0.25) is 0 Å². The molecule has 0 aliphatic heterocycles. The predicted molar refractivity (Wildman–Crippen MR) is 80.6 cm³/mol. The zero-order valence-electron chi connectivity index (χ0n) is 11.5. The van der Waals surface area contributed by atoms with E-state index in [4.69, 9.17) is 4.74 Å². The number of esters is 1. The second-order valence-corrected chi connectivity index (χ2v) is 6.41. The van der Waals surface area contributed by atoms with Gasteiger partial charge in [-0.1, -0.05) is 6.92 Å². The van der Waals surface area contributed by atoms with Crippen LogP contribution in [-0.2, 0) is 16.6 Å². The first-order chi connectivity index (χ1) is 9.52. The number of rotatable bonds is 5. The van der Waals surface area contributed by atoms with E-state index in [0.29, 0.717) is 17.6 Å². The maximum Gasteiger partial charge on any atom is 0.306 e. The average molecular weight is 359 g/mol. The molecule has 0 amide bonds. The summed E-state index contributed by atoms with van der Waals surface area (Å²) in [6.07, 6.45) is 1.86. The quantitative estimate of drug-likeness (QED) is 0.464. The lowest BCUT2D eigenvalue weighted by Crippen LogP contribution is -2.10. The molecular formula is C12H15BrN4O2S. The fraction of sp³-hybridized carbons (Fsp3) is 0.500. The third kappa shape index (κ3) is 3.29. The number of ether oxygens (including phenoxy) is 1. The third-order valence-electron chi connectivity index (χ3n) is 2.62. The second-order valence-electron chi connectivity index (χ2n) is 4.23. The molecule has 0 aliphatic rings. The summed E-state index contributed by atoms with van der Waals surface area (Å²) < 4.78 is 7.36. The van der Waals surface area contributed by atoms with E-state index in [1.807, 2.05) is 14.0 Å². The van der Waals surface area contributed by atoms with E-state index in [1.54, 1.807) is 11.6 Å². The number of thioether (sulfide) groups is 1. The molecule has 8 heteroatoms. The number of aromatic nitrogens is 4. The molecule has 2 heterocycles. The Kier molecular flexibility index (Phi) is 4.98. The van der Waals surface area contributed by atoms with Gasteiger partial charge in [-0.05, 0) is 22.9 Å². The molecule has 6 nitrogen and oxygen atoms in total. The van der Waals surface area contributed by atoms with Gasteiger partial charge in [-0.25, -0.2) is 14.6 Å². The fourth-order valence-corrected chi connectivity index (χ4v) is 3.54. The van der Waals surface area contributed by atoms with Gasteiger partial charge in [0.2, 0.25) is 0 Å². The summed E-state index contributed by atoms with van der Waals surface area (Å²) in [6, 6.07) is 0. The first kappa shape index (κ1) is 15.2. The van der Waals surface area contributed by atoms with Crippen LogP contribution < -0.4 is 0 Å². The van der Waals surface area contributed by atoms with Gasteiger partial charge in [-0.15, -0.1) is 11.8 Å². The highest BCUT2D eigenvalue weighted by Crippen LogP contribution is 2.33. The Morgan fingerprint density at radius 3 is 3.00 bits per heavy atom. The minimum absolute atomic E-state index is 0.0688. The molecular weight excluding hydrogens is 344 g/mol. The highest BCUT2D eigenvalue weighted by molar-refractivity contribution is 9.10. The van der Waals surface area contributed by atoms with Crippen LogP contribution in [0, 0.1) is 0 Å². The van der Waals surface area contributed by atoms with Crippen molar-refractivity contribution in [3.05, 3.63) is 10.9 Å². The average Bonchev–Trinajstić information content (AvgIpc) is 2.66. The summed E-state index contributed by atoms with van der Waals surface area (Å²) in [6.45, 7) is 4.18. The molecule has 0 spiro atoms.